The fourth-order valence-electron chi connectivity index (χ4n) is 1.19. The SMILES string of the molecule is CC(C)(C)CNCCC(=O)NC1CC1. The van der Waals surface area contributed by atoms with Crippen molar-refractivity contribution in [3.63, 3.8) is 0 Å². The number of amides is 1. The smallest absolute Gasteiger partial charge is 0.221 e. The van der Waals surface area contributed by atoms with Gasteiger partial charge >= 0.3 is 0 Å². The number of carbonyl (C=O) groups is 1. The van der Waals surface area contributed by atoms with Crippen LogP contribution in [0.1, 0.15) is 40.0 Å². The Morgan fingerprint density at radius 3 is 2.50 bits per heavy atom. The first-order valence-corrected chi connectivity index (χ1v) is 5.47. The minimum Gasteiger partial charge on any atom is -0.353 e. The molecule has 0 radical (unpaired) electrons. The van der Waals surface area contributed by atoms with Gasteiger partial charge in [0.1, 0.15) is 0 Å². The van der Waals surface area contributed by atoms with E-state index < -0.39 is 0 Å². The van der Waals surface area contributed by atoms with Crippen LogP contribution in [-0.4, -0.2) is 25.0 Å². The van der Waals surface area contributed by atoms with Gasteiger partial charge in [0.2, 0.25) is 5.91 Å². The Morgan fingerprint density at radius 1 is 1.36 bits per heavy atom. The molecule has 0 aromatic carbocycles. The van der Waals surface area contributed by atoms with Gasteiger partial charge in [0, 0.05) is 25.6 Å². The monoisotopic (exact) mass is 198 g/mol. The summed E-state index contributed by atoms with van der Waals surface area (Å²) in [5, 5.41) is 6.26. The van der Waals surface area contributed by atoms with Gasteiger partial charge in [0.05, 0.1) is 0 Å². The van der Waals surface area contributed by atoms with Crippen molar-refractivity contribution in [1.82, 2.24) is 10.6 Å². The summed E-state index contributed by atoms with van der Waals surface area (Å²) in [5.74, 6) is 0.189. The number of carbonyl (C=O) groups excluding carboxylic acids is 1. The van der Waals surface area contributed by atoms with Crippen LogP contribution in [0.3, 0.4) is 0 Å². The third-order valence-electron chi connectivity index (χ3n) is 2.13. The van der Waals surface area contributed by atoms with Gasteiger partial charge < -0.3 is 10.6 Å². The van der Waals surface area contributed by atoms with E-state index in [1.54, 1.807) is 0 Å². The lowest BCUT2D eigenvalue weighted by molar-refractivity contribution is -0.121. The van der Waals surface area contributed by atoms with Crippen LogP contribution in [0.5, 0.6) is 0 Å². The molecule has 1 rings (SSSR count). The van der Waals surface area contributed by atoms with E-state index >= 15 is 0 Å². The highest BCUT2D eigenvalue weighted by Gasteiger charge is 2.22. The summed E-state index contributed by atoms with van der Waals surface area (Å²) >= 11 is 0. The molecule has 1 amide bonds. The summed E-state index contributed by atoms with van der Waals surface area (Å²) in [6.07, 6.45) is 2.94. The maximum absolute atomic E-state index is 11.3. The molecule has 3 nitrogen and oxygen atoms in total. The van der Waals surface area contributed by atoms with Crippen molar-refractivity contribution in [1.29, 1.82) is 0 Å². The fraction of sp³-hybridized carbons (Fsp3) is 0.909. The number of hydrogen-bond donors (Lipinski definition) is 2. The Balaban J connectivity index is 1.94. The van der Waals surface area contributed by atoms with Gasteiger partial charge in [-0.25, -0.2) is 0 Å². The maximum Gasteiger partial charge on any atom is 0.221 e. The van der Waals surface area contributed by atoms with E-state index in [9.17, 15) is 4.79 Å². The predicted molar refractivity (Wildman–Crippen MR) is 58.1 cm³/mol. The zero-order valence-electron chi connectivity index (χ0n) is 9.52. The lowest BCUT2D eigenvalue weighted by atomic mass is 9.97. The molecule has 3 heteroatoms. The van der Waals surface area contributed by atoms with Crippen molar-refractivity contribution in [2.45, 2.75) is 46.1 Å². The Labute approximate surface area is 86.6 Å². The molecule has 1 aliphatic carbocycles. The largest absolute Gasteiger partial charge is 0.353 e. The highest BCUT2D eigenvalue weighted by Crippen LogP contribution is 2.18. The van der Waals surface area contributed by atoms with E-state index in [2.05, 4.69) is 31.4 Å². The van der Waals surface area contributed by atoms with Crippen LogP contribution in [0.2, 0.25) is 0 Å². The lowest BCUT2D eigenvalue weighted by Gasteiger charge is -2.18. The van der Waals surface area contributed by atoms with Crippen molar-refractivity contribution in [3.05, 3.63) is 0 Å². The molecule has 0 saturated heterocycles. The Bertz CT molecular complexity index is 192. The average molecular weight is 198 g/mol. The zero-order valence-corrected chi connectivity index (χ0v) is 9.52. The van der Waals surface area contributed by atoms with E-state index in [1.165, 1.54) is 12.8 Å². The molecule has 0 bridgehead atoms. The van der Waals surface area contributed by atoms with Gasteiger partial charge in [-0.3, -0.25) is 4.79 Å². The van der Waals surface area contributed by atoms with Crippen molar-refractivity contribution in [3.8, 4) is 0 Å². The summed E-state index contributed by atoms with van der Waals surface area (Å²) in [6.45, 7) is 8.30. The average Bonchev–Trinajstić information content (AvgIpc) is 2.80. The molecular weight excluding hydrogens is 176 g/mol. The molecule has 0 aliphatic heterocycles. The summed E-state index contributed by atoms with van der Waals surface area (Å²) in [7, 11) is 0. The van der Waals surface area contributed by atoms with Gasteiger partial charge in [-0.2, -0.15) is 0 Å². The summed E-state index contributed by atoms with van der Waals surface area (Å²) < 4.78 is 0. The quantitative estimate of drug-likeness (QED) is 0.654. The first-order valence-electron chi connectivity index (χ1n) is 5.47. The normalized spacial score (nSPS) is 16.8. The molecule has 0 unspecified atom stereocenters. The van der Waals surface area contributed by atoms with Gasteiger partial charge in [-0.15, -0.1) is 0 Å². The molecule has 14 heavy (non-hydrogen) atoms. The minimum atomic E-state index is 0.189. The third-order valence-corrected chi connectivity index (χ3v) is 2.13. The molecule has 1 fully saturated rings. The zero-order chi connectivity index (χ0) is 10.6. The van der Waals surface area contributed by atoms with E-state index in [0.29, 0.717) is 17.9 Å². The van der Waals surface area contributed by atoms with Crippen LogP contribution in [0.25, 0.3) is 0 Å². The Morgan fingerprint density at radius 2 is 2.00 bits per heavy atom. The molecule has 0 spiro atoms. The fourth-order valence-corrected chi connectivity index (χ4v) is 1.19. The van der Waals surface area contributed by atoms with Gasteiger partial charge in [0.25, 0.3) is 0 Å². The molecular formula is C11H22N2O. The highest BCUT2D eigenvalue weighted by atomic mass is 16.1. The van der Waals surface area contributed by atoms with Crippen LogP contribution in [0.15, 0.2) is 0 Å². The van der Waals surface area contributed by atoms with E-state index in [0.717, 1.165) is 13.1 Å². The molecule has 0 aromatic rings. The lowest BCUT2D eigenvalue weighted by Crippen LogP contribution is -2.32. The third kappa shape index (κ3) is 5.97. The second-order valence-electron chi connectivity index (χ2n) is 5.33. The van der Waals surface area contributed by atoms with Crippen LogP contribution in [-0.2, 0) is 4.79 Å². The van der Waals surface area contributed by atoms with Crippen molar-refractivity contribution in [2.24, 2.45) is 5.41 Å². The van der Waals surface area contributed by atoms with Crippen LogP contribution in [0, 0.1) is 5.41 Å². The Kier molecular flexibility index (Phi) is 3.93. The molecule has 2 N–H and O–H groups in total. The van der Waals surface area contributed by atoms with Gasteiger partial charge in [-0.1, -0.05) is 20.8 Å². The highest BCUT2D eigenvalue weighted by molar-refractivity contribution is 5.76. The second kappa shape index (κ2) is 4.78. The first-order chi connectivity index (χ1) is 6.47. The molecule has 1 saturated carbocycles. The number of nitrogens with one attached hydrogen (secondary N) is 2. The summed E-state index contributed by atoms with van der Waals surface area (Å²) in [6, 6.07) is 0.491. The van der Waals surface area contributed by atoms with E-state index in [1.807, 2.05) is 0 Å². The Hall–Kier alpha value is -0.570. The molecule has 82 valence electrons. The molecule has 0 aromatic heterocycles. The van der Waals surface area contributed by atoms with Gasteiger partial charge in [-0.05, 0) is 18.3 Å². The first kappa shape index (κ1) is 11.5. The number of hydrogen-bond acceptors (Lipinski definition) is 2. The van der Waals surface area contributed by atoms with Crippen LogP contribution >= 0.6 is 0 Å². The standard InChI is InChI=1S/C11H22N2O/c1-11(2,3)8-12-7-6-10(14)13-9-4-5-9/h9,12H,4-8H2,1-3H3,(H,13,14). The van der Waals surface area contributed by atoms with E-state index in [4.69, 9.17) is 0 Å². The molecule has 0 atom stereocenters. The van der Waals surface area contributed by atoms with Crippen molar-refractivity contribution >= 4 is 5.91 Å². The summed E-state index contributed by atoms with van der Waals surface area (Å²) in [4.78, 5) is 11.3. The van der Waals surface area contributed by atoms with Gasteiger partial charge in [0.15, 0.2) is 0 Å². The van der Waals surface area contributed by atoms with Crippen molar-refractivity contribution < 1.29 is 4.79 Å². The predicted octanol–water partition coefficient (Wildman–Crippen LogP) is 1.29. The minimum absolute atomic E-state index is 0.189. The van der Waals surface area contributed by atoms with Crippen molar-refractivity contribution in [2.75, 3.05) is 13.1 Å². The molecule has 1 aliphatic rings. The maximum atomic E-state index is 11.3. The summed E-state index contributed by atoms with van der Waals surface area (Å²) in [5.41, 5.74) is 0.299. The van der Waals surface area contributed by atoms with Crippen LogP contribution in [0.4, 0.5) is 0 Å². The second-order valence-corrected chi connectivity index (χ2v) is 5.33. The topological polar surface area (TPSA) is 41.1 Å². The van der Waals surface area contributed by atoms with E-state index in [-0.39, 0.29) is 5.91 Å². The van der Waals surface area contributed by atoms with Crippen LogP contribution < -0.4 is 10.6 Å². The number of rotatable bonds is 5. The molecule has 0 heterocycles.